The summed E-state index contributed by atoms with van der Waals surface area (Å²) in [6, 6.07) is 0. The molecule has 0 unspecified atom stereocenters. The lowest BCUT2D eigenvalue weighted by Crippen LogP contribution is -2.46. The van der Waals surface area contributed by atoms with Crippen molar-refractivity contribution in [1.82, 2.24) is 10.2 Å². The quantitative estimate of drug-likeness (QED) is 0.652. The topological polar surface area (TPSA) is 50.8 Å². The number of hydrogen-bond donors (Lipinski definition) is 1. The molecule has 1 rings (SSSR count). The summed E-state index contributed by atoms with van der Waals surface area (Å²) in [6.07, 6.45) is 0.711. The minimum absolute atomic E-state index is 0.191. The van der Waals surface area contributed by atoms with Crippen LogP contribution in [0.1, 0.15) is 20.3 Å². The number of hydrogen-bond acceptors (Lipinski definition) is 4. The first kappa shape index (κ1) is 14.4. The van der Waals surface area contributed by atoms with Crippen LogP contribution in [0.4, 0.5) is 0 Å². The van der Waals surface area contributed by atoms with Gasteiger partial charge in [-0.3, -0.25) is 4.79 Å². The van der Waals surface area contributed by atoms with Crippen LogP contribution in [0.5, 0.6) is 0 Å². The maximum Gasteiger partial charge on any atom is 0.224 e. The third-order valence-electron chi connectivity index (χ3n) is 2.61. The monoisotopic (exact) mass is 244 g/mol. The van der Waals surface area contributed by atoms with Crippen molar-refractivity contribution in [2.24, 2.45) is 0 Å². The van der Waals surface area contributed by atoms with Gasteiger partial charge in [-0.05, 0) is 13.8 Å². The molecule has 0 radical (unpaired) electrons. The molecule has 1 heterocycles. The van der Waals surface area contributed by atoms with Gasteiger partial charge in [-0.1, -0.05) is 0 Å². The minimum Gasteiger partial charge on any atom is -0.379 e. The summed E-state index contributed by atoms with van der Waals surface area (Å²) in [5.41, 5.74) is 0. The highest BCUT2D eigenvalue weighted by atomic mass is 16.5. The molecule has 5 heteroatoms. The average molecular weight is 244 g/mol. The molecule has 1 fully saturated rings. The fourth-order valence-electron chi connectivity index (χ4n) is 1.68. The van der Waals surface area contributed by atoms with Gasteiger partial charge in [0.2, 0.25) is 5.91 Å². The molecule has 1 amide bonds. The van der Waals surface area contributed by atoms with Crippen molar-refractivity contribution in [2.75, 3.05) is 46.0 Å². The van der Waals surface area contributed by atoms with Gasteiger partial charge in [-0.2, -0.15) is 0 Å². The van der Waals surface area contributed by atoms with E-state index in [2.05, 4.69) is 5.32 Å². The third-order valence-corrected chi connectivity index (χ3v) is 2.61. The van der Waals surface area contributed by atoms with Crippen LogP contribution in [0.25, 0.3) is 0 Å². The minimum atomic E-state index is 0.191. The zero-order chi connectivity index (χ0) is 12.5. The molecular weight excluding hydrogens is 220 g/mol. The highest BCUT2D eigenvalue weighted by Crippen LogP contribution is 1.97. The molecule has 5 nitrogen and oxygen atoms in total. The van der Waals surface area contributed by atoms with Crippen molar-refractivity contribution in [3.63, 3.8) is 0 Å². The highest BCUT2D eigenvalue weighted by molar-refractivity contribution is 5.76. The molecule has 0 aromatic rings. The van der Waals surface area contributed by atoms with Gasteiger partial charge in [-0.25, -0.2) is 0 Å². The van der Waals surface area contributed by atoms with Crippen molar-refractivity contribution in [3.05, 3.63) is 0 Å². The van der Waals surface area contributed by atoms with Crippen molar-refractivity contribution in [2.45, 2.75) is 26.4 Å². The molecule has 100 valence electrons. The lowest BCUT2D eigenvalue weighted by molar-refractivity contribution is -0.133. The average Bonchev–Trinajstić information content (AvgIpc) is 2.34. The maximum atomic E-state index is 11.7. The van der Waals surface area contributed by atoms with Gasteiger partial charge in [0.05, 0.1) is 32.3 Å². The number of piperazine rings is 1. The standard InChI is InChI=1S/C12H24N2O3/c1-11(2)17-10-9-16-8-3-12(15)14-6-4-13-5-7-14/h11,13H,3-10H2,1-2H3. The maximum absolute atomic E-state index is 11.7. The van der Waals surface area contributed by atoms with Gasteiger partial charge in [0, 0.05) is 26.2 Å². The SMILES string of the molecule is CC(C)OCCOCCC(=O)N1CCNCC1. The summed E-state index contributed by atoms with van der Waals surface area (Å²) in [4.78, 5) is 13.6. The van der Waals surface area contributed by atoms with Crippen LogP contribution >= 0.6 is 0 Å². The molecule has 0 aromatic heterocycles. The van der Waals surface area contributed by atoms with Crippen molar-refractivity contribution in [3.8, 4) is 0 Å². The van der Waals surface area contributed by atoms with Crippen LogP contribution in [-0.4, -0.2) is 62.9 Å². The fraction of sp³-hybridized carbons (Fsp3) is 0.917. The predicted octanol–water partition coefficient (Wildman–Crippen LogP) is 0.250. The van der Waals surface area contributed by atoms with E-state index in [1.165, 1.54) is 0 Å². The van der Waals surface area contributed by atoms with Gasteiger partial charge in [-0.15, -0.1) is 0 Å². The molecule has 1 aliphatic rings. The molecule has 1 aliphatic heterocycles. The predicted molar refractivity (Wildman–Crippen MR) is 66.0 cm³/mol. The number of ether oxygens (including phenoxy) is 2. The third kappa shape index (κ3) is 6.61. The molecule has 1 N–H and O–H groups in total. The van der Waals surface area contributed by atoms with E-state index >= 15 is 0 Å². The molecule has 0 atom stereocenters. The van der Waals surface area contributed by atoms with E-state index in [9.17, 15) is 4.79 Å². The van der Waals surface area contributed by atoms with Crippen LogP contribution in [0.15, 0.2) is 0 Å². The Kier molecular flexibility index (Phi) is 7.16. The Morgan fingerprint density at radius 1 is 1.24 bits per heavy atom. The van der Waals surface area contributed by atoms with E-state index in [-0.39, 0.29) is 12.0 Å². The first-order valence-electron chi connectivity index (χ1n) is 6.38. The highest BCUT2D eigenvalue weighted by Gasteiger charge is 2.15. The van der Waals surface area contributed by atoms with Crippen molar-refractivity contribution in [1.29, 1.82) is 0 Å². The lowest BCUT2D eigenvalue weighted by atomic mass is 10.3. The van der Waals surface area contributed by atoms with Gasteiger partial charge in [0.15, 0.2) is 0 Å². The Labute approximate surface area is 103 Å². The van der Waals surface area contributed by atoms with E-state index in [1.54, 1.807) is 0 Å². The Hall–Kier alpha value is -0.650. The first-order valence-corrected chi connectivity index (χ1v) is 6.38. The van der Waals surface area contributed by atoms with Crippen molar-refractivity contribution >= 4 is 5.91 Å². The van der Waals surface area contributed by atoms with Gasteiger partial charge in [0.1, 0.15) is 0 Å². The van der Waals surface area contributed by atoms with Gasteiger partial charge in [0.25, 0.3) is 0 Å². The summed E-state index contributed by atoms with van der Waals surface area (Å²) >= 11 is 0. The summed E-state index contributed by atoms with van der Waals surface area (Å²) in [5, 5.41) is 3.22. The second-order valence-corrected chi connectivity index (χ2v) is 4.41. The Balaban J connectivity index is 1.96. The van der Waals surface area contributed by atoms with E-state index in [4.69, 9.17) is 9.47 Å². The molecule has 0 saturated carbocycles. The molecule has 0 spiro atoms. The Morgan fingerprint density at radius 2 is 1.94 bits per heavy atom. The number of carbonyl (C=O) groups excluding carboxylic acids is 1. The molecule has 0 aliphatic carbocycles. The van der Waals surface area contributed by atoms with Crippen LogP contribution in [-0.2, 0) is 14.3 Å². The van der Waals surface area contributed by atoms with Crippen molar-refractivity contribution < 1.29 is 14.3 Å². The second kappa shape index (κ2) is 8.44. The molecular formula is C12H24N2O3. The lowest BCUT2D eigenvalue weighted by Gasteiger charge is -2.27. The summed E-state index contributed by atoms with van der Waals surface area (Å²) in [6.45, 7) is 9.06. The van der Waals surface area contributed by atoms with Crippen LogP contribution in [0.3, 0.4) is 0 Å². The fourth-order valence-corrected chi connectivity index (χ4v) is 1.68. The van der Waals surface area contributed by atoms with Crippen LogP contribution < -0.4 is 5.32 Å². The number of rotatable bonds is 7. The van der Waals surface area contributed by atoms with Gasteiger partial charge >= 0.3 is 0 Å². The Bertz CT molecular complexity index is 216. The number of amides is 1. The van der Waals surface area contributed by atoms with E-state index in [0.717, 1.165) is 26.2 Å². The normalized spacial score (nSPS) is 16.5. The number of nitrogens with one attached hydrogen (secondary N) is 1. The number of nitrogens with zero attached hydrogens (tertiary/aromatic N) is 1. The smallest absolute Gasteiger partial charge is 0.224 e. The number of carbonyl (C=O) groups is 1. The zero-order valence-corrected chi connectivity index (χ0v) is 10.9. The largest absolute Gasteiger partial charge is 0.379 e. The second-order valence-electron chi connectivity index (χ2n) is 4.41. The van der Waals surface area contributed by atoms with Crippen LogP contribution in [0.2, 0.25) is 0 Å². The van der Waals surface area contributed by atoms with Crippen LogP contribution in [0, 0.1) is 0 Å². The molecule has 17 heavy (non-hydrogen) atoms. The van der Waals surface area contributed by atoms with E-state index < -0.39 is 0 Å². The summed E-state index contributed by atoms with van der Waals surface area (Å²) in [7, 11) is 0. The summed E-state index contributed by atoms with van der Waals surface area (Å²) < 4.78 is 10.7. The Morgan fingerprint density at radius 3 is 2.59 bits per heavy atom. The van der Waals surface area contributed by atoms with E-state index in [1.807, 2.05) is 18.7 Å². The zero-order valence-electron chi connectivity index (χ0n) is 10.9. The van der Waals surface area contributed by atoms with E-state index in [0.29, 0.717) is 26.2 Å². The molecule has 0 bridgehead atoms. The van der Waals surface area contributed by atoms with Gasteiger partial charge < -0.3 is 19.7 Å². The molecule has 0 aromatic carbocycles. The molecule has 1 saturated heterocycles. The first-order chi connectivity index (χ1) is 8.20. The summed E-state index contributed by atoms with van der Waals surface area (Å²) in [5.74, 6) is 0.191.